The van der Waals surface area contributed by atoms with Gasteiger partial charge in [0.05, 0.1) is 14.2 Å². The van der Waals surface area contributed by atoms with Crippen LogP contribution in [0.15, 0.2) is 12.1 Å². The Bertz CT molecular complexity index is 417. The smallest absolute Gasteiger partial charge is 0.162 e. The normalized spacial score (nSPS) is 17.8. The van der Waals surface area contributed by atoms with E-state index >= 15 is 0 Å². The summed E-state index contributed by atoms with van der Waals surface area (Å²) in [7, 11) is 3.27. The first-order valence-electron chi connectivity index (χ1n) is 6.23. The summed E-state index contributed by atoms with van der Waals surface area (Å²) >= 11 is 10.1. The van der Waals surface area contributed by atoms with Gasteiger partial charge in [0, 0.05) is 15.9 Å². The molecule has 1 saturated carbocycles. The van der Waals surface area contributed by atoms with Crippen molar-refractivity contribution in [3.05, 3.63) is 22.7 Å². The van der Waals surface area contributed by atoms with Crippen LogP contribution in [0, 0.1) is 5.92 Å². The Labute approximate surface area is 122 Å². The minimum absolute atomic E-state index is 0.298. The summed E-state index contributed by atoms with van der Waals surface area (Å²) < 4.78 is 10.6. The third-order valence-corrected chi connectivity index (χ3v) is 5.18. The Hall–Kier alpha value is -0.410. The van der Waals surface area contributed by atoms with Gasteiger partial charge in [-0.3, -0.25) is 0 Å². The predicted molar refractivity (Wildman–Crippen MR) is 78.2 cm³/mol. The van der Waals surface area contributed by atoms with Crippen molar-refractivity contribution < 1.29 is 9.47 Å². The first kappa shape index (κ1) is 14.0. The number of benzene rings is 1. The van der Waals surface area contributed by atoms with Gasteiger partial charge in [0.2, 0.25) is 0 Å². The zero-order valence-corrected chi connectivity index (χ0v) is 13.1. The third kappa shape index (κ3) is 2.77. The van der Waals surface area contributed by atoms with E-state index in [1.165, 1.54) is 25.7 Å². The predicted octanol–water partition coefficient (Wildman–Crippen LogP) is 4.98. The molecule has 2 nitrogen and oxygen atoms in total. The number of ether oxygens (including phenoxy) is 2. The molecule has 100 valence electrons. The maximum atomic E-state index is 6.34. The van der Waals surface area contributed by atoms with Gasteiger partial charge in [-0.05, 0) is 30.4 Å². The number of hydrogen-bond donors (Lipinski definition) is 0. The molecular weight excluding hydrogens is 316 g/mol. The van der Waals surface area contributed by atoms with Crippen molar-refractivity contribution >= 4 is 27.5 Å². The van der Waals surface area contributed by atoms with Gasteiger partial charge >= 0.3 is 0 Å². The fourth-order valence-corrected chi connectivity index (χ4v) is 3.90. The molecule has 0 spiro atoms. The molecule has 18 heavy (non-hydrogen) atoms. The third-order valence-electron chi connectivity index (χ3n) is 3.61. The maximum absolute atomic E-state index is 6.34. The zero-order valence-electron chi connectivity index (χ0n) is 10.7. The monoisotopic (exact) mass is 332 g/mol. The van der Waals surface area contributed by atoms with E-state index in [4.69, 9.17) is 21.1 Å². The largest absolute Gasteiger partial charge is 0.493 e. The van der Waals surface area contributed by atoms with Crippen LogP contribution in [0.3, 0.4) is 0 Å². The number of hydrogen-bond acceptors (Lipinski definition) is 2. The fraction of sp³-hybridized carbons (Fsp3) is 0.571. The van der Waals surface area contributed by atoms with Crippen LogP contribution >= 0.6 is 27.5 Å². The van der Waals surface area contributed by atoms with Crippen LogP contribution in [0.4, 0.5) is 0 Å². The van der Waals surface area contributed by atoms with Crippen molar-refractivity contribution in [2.45, 2.75) is 30.5 Å². The average Bonchev–Trinajstić information content (AvgIpc) is 2.91. The van der Waals surface area contributed by atoms with Crippen LogP contribution < -0.4 is 9.47 Å². The van der Waals surface area contributed by atoms with Crippen molar-refractivity contribution in [3.63, 3.8) is 0 Å². The number of halogens is 2. The average molecular weight is 334 g/mol. The molecule has 1 aliphatic carbocycles. The minimum Gasteiger partial charge on any atom is -0.493 e. The summed E-state index contributed by atoms with van der Waals surface area (Å²) in [6.07, 6.45) is 5.16. The summed E-state index contributed by atoms with van der Waals surface area (Å²) in [5, 5.41) is 0.737. The molecule has 0 bridgehead atoms. The Morgan fingerprint density at radius 2 is 1.72 bits per heavy atom. The molecule has 0 radical (unpaired) electrons. The summed E-state index contributed by atoms with van der Waals surface area (Å²) in [4.78, 5) is 0.298. The van der Waals surface area contributed by atoms with Crippen molar-refractivity contribution in [3.8, 4) is 11.5 Å². The van der Waals surface area contributed by atoms with E-state index in [1.807, 2.05) is 12.1 Å². The van der Waals surface area contributed by atoms with Gasteiger partial charge in [0.15, 0.2) is 11.5 Å². The standard InChI is InChI=1S/C14H18BrClO2/c1-17-12-7-10(11(16)8-13(12)18-2)14(15)9-5-3-4-6-9/h7-9,14H,3-6H2,1-2H3. The van der Waals surface area contributed by atoms with Crippen molar-refractivity contribution in [1.82, 2.24) is 0 Å². The van der Waals surface area contributed by atoms with E-state index in [0.717, 1.165) is 16.3 Å². The van der Waals surface area contributed by atoms with Gasteiger partial charge in [-0.2, -0.15) is 0 Å². The van der Waals surface area contributed by atoms with Crippen LogP contribution in [0.5, 0.6) is 11.5 Å². The summed E-state index contributed by atoms with van der Waals surface area (Å²) in [6.45, 7) is 0. The lowest BCUT2D eigenvalue weighted by molar-refractivity contribution is 0.354. The molecule has 0 heterocycles. The Morgan fingerprint density at radius 3 is 2.28 bits per heavy atom. The van der Waals surface area contributed by atoms with Gasteiger partial charge in [0.1, 0.15) is 0 Å². The summed E-state index contributed by atoms with van der Waals surface area (Å²) in [5.74, 6) is 2.08. The second-order valence-electron chi connectivity index (χ2n) is 4.68. The van der Waals surface area contributed by atoms with Crippen LogP contribution in [0.2, 0.25) is 5.02 Å². The van der Waals surface area contributed by atoms with Crippen molar-refractivity contribution in [1.29, 1.82) is 0 Å². The topological polar surface area (TPSA) is 18.5 Å². The number of methoxy groups -OCH3 is 2. The number of rotatable bonds is 4. The zero-order chi connectivity index (χ0) is 13.1. The SMILES string of the molecule is COc1cc(Cl)c(C(Br)C2CCCC2)cc1OC. The highest BCUT2D eigenvalue weighted by Crippen LogP contribution is 2.46. The quantitative estimate of drug-likeness (QED) is 0.723. The first-order chi connectivity index (χ1) is 8.67. The van der Waals surface area contributed by atoms with E-state index in [2.05, 4.69) is 15.9 Å². The maximum Gasteiger partial charge on any atom is 0.162 e. The van der Waals surface area contributed by atoms with Crippen molar-refractivity contribution in [2.75, 3.05) is 14.2 Å². The van der Waals surface area contributed by atoms with Gasteiger partial charge in [-0.15, -0.1) is 0 Å². The highest BCUT2D eigenvalue weighted by molar-refractivity contribution is 9.09. The van der Waals surface area contributed by atoms with Crippen LogP contribution in [0.25, 0.3) is 0 Å². The van der Waals surface area contributed by atoms with Gasteiger partial charge in [-0.25, -0.2) is 0 Å². The van der Waals surface area contributed by atoms with Crippen LogP contribution in [0.1, 0.15) is 36.1 Å². The summed E-state index contributed by atoms with van der Waals surface area (Å²) in [6, 6.07) is 3.82. The van der Waals surface area contributed by atoms with Crippen LogP contribution in [-0.2, 0) is 0 Å². The van der Waals surface area contributed by atoms with Gasteiger partial charge in [0.25, 0.3) is 0 Å². The van der Waals surface area contributed by atoms with Crippen LogP contribution in [-0.4, -0.2) is 14.2 Å². The molecule has 1 unspecified atom stereocenters. The highest BCUT2D eigenvalue weighted by atomic mass is 79.9. The molecule has 0 aliphatic heterocycles. The molecule has 0 N–H and O–H groups in total. The minimum atomic E-state index is 0.298. The molecule has 1 aromatic carbocycles. The lowest BCUT2D eigenvalue weighted by Crippen LogP contribution is -2.04. The highest BCUT2D eigenvalue weighted by Gasteiger charge is 2.26. The molecule has 1 aromatic rings. The van der Waals surface area contributed by atoms with E-state index in [9.17, 15) is 0 Å². The second kappa shape index (κ2) is 6.16. The van der Waals surface area contributed by atoms with Gasteiger partial charge in [-0.1, -0.05) is 40.4 Å². The Morgan fingerprint density at radius 1 is 1.17 bits per heavy atom. The van der Waals surface area contributed by atoms with E-state index in [-0.39, 0.29) is 0 Å². The molecule has 2 rings (SSSR count). The lowest BCUT2D eigenvalue weighted by Gasteiger charge is -2.20. The fourth-order valence-electron chi connectivity index (χ4n) is 2.59. The molecular formula is C14H18BrClO2. The van der Waals surface area contributed by atoms with E-state index < -0.39 is 0 Å². The Kier molecular flexibility index (Phi) is 4.79. The summed E-state index contributed by atoms with van der Waals surface area (Å²) in [5.41, 5.74) is 1.10. The molecule has 1 fully saturated rings. The Balaban J connectivity index is 2.31. The molecule has 1 aliphatic rings. The van der Waals surface area contributed by atoms with Crippen molar-refractivity contribution in [2.24, 2.45) is 5.92 Å². The molecule has 1 atom stereocenters. The molecule has 0 aromatic heterocycles. The lowest BCUT2D eigenvalue weighted by atomic mass is 9.97. The van der Waals surface area contributed by atoms with E-state index in [1.54, 1.807) is 14.2 Å². The second-order valence-corrected chi connectivity index (χ2v) is 6.07. The molecule has 0 saturated heterocycles. The van der Waals surface area contributed by atoms with Gasteiger partial charge < -0.3 is 9.47 Å². The molecule has 4 heteroatoms. The number of alkyl halides is 1. The van der Waals surface area contributed by atoms with E-state index in [0.29, 0.717) is 16.5 Å². The first-order valence-corrected chi connectivity index (χ1v) is 7.52. The molecule has 0 amide bonds.